The molecule has 0 saturated heterocycles. The number of rotatable bonds is 7. The summed E-state index contributed by atoms with van der Waals surface area (Å²) in [6.07, 6.45) is 1.17. The molecule has 0 saturated carbocycles. The lowest BCUT2D eigenvalue weighted by molar-refractivity contribution is -0.133. The van der Waals surface area contributed by atoms with Crippen LogP contribution in [0.5, 0.6) is 0 Å². The highest BCUT2D eigenvalue weighted by Crippen LogP contribution is 2.16. The Labute approximate surface area is 146 Å². The summed E-state index contributed by atoms with van der Waals surface area (Å²) in [7, 11) is 1.33. The summed E-state index contributed by atoms with van der Waals surface area (Å²) in [5, 5.41) is 2.39. The summed E-state index contributed by atoms with van der Waals surface area (Å²) >= 11 is 1.37. The summed E-state index contributed by atoms with van der Waals surface area (Å²) in [5.74, 6) is -0.368. The van der Waals surface area contributed by atoms with Crippen molar-refractivity contribution in [1.29, 1.82) is 0 Å². The van der Waals surface area contributed by atoms with Crippen LogP contribution in [-0.4, -0.2) is 34.9 Å². The van der Waals surface area contributed by atoms with Crippen molar-refractivity contribution in [1.82, 2.24) is 9.88 Å². The Morgan fingerprint density at radius 1 is 1.25 bits per heavy atom. The zero-order valence-corrected chi connectivity index (χ0v) is 15.0. The highest BCUT2D eigenvalue weighted by Gasteiger charge is 2.20. The molecule has 0 N–H and O–H groups in total. The van der Waals surface area contributed by atoms with Gasteiger partial charge in [0.05, 0.1) is 13.7 Å². The number of esters is 1. The highest BCUT2D eigenvalue weighted by molar-refractivity contribution is 7.09. The molecular weight excluding hydrogens is 324 g/mol. The molecule has 1 heterocycles. The maximum Gasteiger partial charge on any atom is 0.357 e. The van der Waals surface area contributed by atoms with Crippen LogP contribution in [0.2, 0.25) is 0 Å². The fourth-order valence-electron chi connectivity index (χ4n) is 2.33. The normalized spacial score (nSPS) is 10.7. The lowest BCUT2D eigenvalue weighted by Crippen LogP contribution is -2.36. The second kappa shape index (κ2) is 8.59. The third-order valence-corrected chi connectivity index (χ3v) is 4.50. The average Bonchev–Trinajstić information content (AvgIpc) is 3.06. The van der Waals surface area contributed by atoms with Crippen LogP contribution < -0.4 is 0 Å². The van der Waals surface area contributed by atoms with Crippen LogP contribution in [0.3, 0.4) is 0 Å². The van der Waals surface area contributed by atoms with Crippen molar-refractivity contribution >= 4 is 23.2 Å². The maximum absolute atomic E-state index is 12.6. The average molecular weight is 346 g/mol. The molecule has 0 fully saturated rings. The van der Waals surface area contributed by atoms with Crippen LogP contribution in [0.25, 0.3) is 0 Å². The molecule has 128 valence electrons. The first-order valence-corrected chi connectivity index (χ1v) is 8.75. The molecule has 6 heteroatoms. The standard InChI is InChI=1S/C18H22N2O3S/c1-13(2)20(11-16-19-15(12-24-16)18(22)23-3)17(21)10-9-14-7-5-4-6-8-14/h4-8,12-13H,9-11H2,1-3H3. The van der Waals surface area contributed by atoms with Crippen molar-refractivity contribution in [3.8, 4) is 0 Å². The van der Waals surface area contributed by atoms with Crippen LogP contribution in [0.1, 0.15) is 41.3 Å². The molecule has 0 unspecified atom stereocenters. The number of methoxy groups -OCH3 is 1. The summed E-state index contributed by atoms with van der Waals surface area (Å²) in [5.41, 5.74) is 1.44. The molecule has 2 rings (SSSR count). The Bertz CT molecular complexity index is 683. The minimum Gasteiger partial charge on any atom is -0.464 e. The molecule has 1 aromatic heterocycles. The number of hydrogen-bond donors (Lipinski definition) is 0. The van der Waals surface area contributed by atoms with E-state index in [1.165, 1.54) is 18.4 Å². The van der Waals surface area contributed by atoms with Gasteiger partial charge in [0.25, 0.3) is 0 Å². The van der Waals surface area contributed by atoms with E-state index in [0.29, 0.717) is 19.4 Å². The molecule has 1 amide bonds. The second-order valence-electron chi connectivity index (χ2n) is 5.72. The lowest BCUT2D eigenvalue weighted by atomic mass is 10.1. The minimum atomic E-state index is -0.455. The first kappa shape index (κ1) is 18.1. The number of carbonyl (C=O) groups is 2. The van der Waals surface area contributed by atoms with Gasteiger partial charge in [-0.05, 0) is 25.8 Å². The number of carbonyl (C=O) groups excluding carboxylic acids is 2. The number of aromatic nitrogens is 1. The summed E-state index contributed by atoms with van der Waals surface area (Å²) in [6.45, 7) is 4.37. The van der Waals surface area contributed by atoms with Crippen LogP contribution in [0.15, 0.2) is 35.7 Å². The van der Waals surface area contributed by atoms with Gasteiger partial charge in [0, 0.05) is 17.8 Å². The molecule has 1 aromatic carbocycles. The van der Waals surface area contributed by atoms with Crippen molar-refractivity contribution in [2.75, 3.05) is 7.11 Å². The molecule has 5 nitrogen and oxygen atoms in total. The van der Waals surface area contributed by atoms with Gasteiger partial charge in [-0.2, -0.15) is 0 Å². The predicted octanol–water partition coefficient (Wildman–Crippen LogP) is 3.30. The van der Waals surface area contributed by atoms with Crippen LogP contribution in [-0.2, 0) is 22.5 Å². The molecule has 0 radical (unpaired) electrons. The number of amides is 1. The number of aryl methyl sites for hydroxylation is 1. The quantitative estimate of drug-likeness (QED) is 0.722. The van der Waals surface area contributed by atoms with Crippen molar-refractivity contribution in [3.63, 3.8) is 0 Å². The predicted molar refractivity (Wildman–Crippen MR) is 93.9 cm³/mol. The van der Waals surface area contributed by atoms with E-state index < -0.39 is 5.97 Å². The van der Waals surface area contributed by atoms with E-state index in [4.69, 9.17) is 0 Å². The smallest absolute Gasteiger partial charge is 0.357 e. The van der Waals surface area contributed by atoms with Gasteiger partial charge in [-0.15, -0.1) is 11.3 Å². The van der Waals surface area contributed by atoms with Gasteiger partial charge >= 0.3 is 5.97 Å². The molecule has 0 spiro atoms. The number of ether oxygens (including phenoxy) is 1. The third-order valence-electron chi connectivity index (χ3n) is 3.67. The van der Waals surface area contributed by atoms with Crippen LogP contribution in [0.4, 0.5) is 0 Å². The van der Waals surface area contributed by atoms with Gasteiger partial charge in [-0.1, -0.05) is 30.3 Å². The molecule has 0 aliphatic carbocycles. The SMILES string of the molecule is COC(=O)c1csc(CN(C(=O)CCc2ccccc2)C(C)C)n1. The van der Waals surface area contributed by atoms with Gasteiger partial charge in [-0.3, -0.25) is 4.79 Å². The first-order chi connectivity index (χ1) is 11.5. The van der Waals surface area contributed by atoms with E-state index in [0.717, 1.165) is 10.6 Å². The number of thiazole rings is 1. The molecule has 0 aliphatic heterocycles. The molecule has 24 heavy (non-hydrogen) atoms. The van der Waals surface area contributed by atoms with Gasteiger partial charge in [-0.25, -0.2) is 9.78 Å². The van der Waals surface area contributed by atoms with Gasteiger partial charge < -0.3 is 9.64 Å². The molecular formula is C18H22N2O3S. The number of nitrogens with zero attached hydrogens (tertiary/aromatic N) is 2. The van der Waals surface area contributed by atoms with Crippen molar-refractivity contribution in [2.24, 2.45) is 0 Å². The maximum atomic E-state index is 12.6. The molecule has 0 bridgehead atoms. The van der Waals surface area contributed by atoms with E-state index >= 15 is 0 Å². The topological polar surface area (TPSA) is 59.5 Å². The van der Waals surface area contributed by atoms with Gasteiger partial charge in [0.15, 0.2) is 5.69 Å². The zero-order valence-electron chi connectivity index (χ0n) is 14.2. The van der Waals surface area contributed by atoms with Gasteiger partial charge in [0.2, 0.25) is 5.91 Å². The Balaban J connectivity index is 1.99. The summed E-state index contributed by atoms with van der Waals surface area (Å²) < 4.78 is 4.66. The Kier molecular flexibility index (Phi) is 6.49. The molecule has 2 aromatic rings. The largest absolute Gasteiger partial charge is 0.464 e. The van der Waals surface area contributed by atoms with Crippen molar-refractivity contribution in [2.45, 2.75) is 39.3 Å². The highest BCUT2D eigenvalue weighted by atomic mass is 32.1. The van der Waals surface area contributed by atoms with Crippen LogP contribution in [0, 0.1) is 0 Å². The van der Waals surface area contributed by atoms with E-state index in [1.54, 1.807) is 10.3 Å². The minimum absolute atomic E-state index is 0.0683. The number of hydrogen-bond acceptors (Lipinski definition) is 5. The fraction of sp³-hybridized carbons (Fsp3) is 0.389. The van der Waals surface area contributed by atoms with Crippen LogP contribution >= 0.6 is 11.3 Å². The lowest BCUT2D eigenvalue weighted by Gasteiger charge is -2.26. The zero-order chi connectivity index (χ0) is 17.5. The molecule has 0 aliphatic rings. The van der Waals surface area contributed by atoms with Crippen molar-refractivity contribution in [3.05, 3.63) is 52.0 Å². The van der Waals surface area contributed by atoms with Gasteiger partial charge in [0.1, 0.15) is 5.01 Å². The second-order valence-corrected chi connectivity index (χ2v) is 6.66. The third kappa shape index (κ3) is 4.89. The van der Waals surface area contributed by atoms with E-state index in [2.05, 4.69) is 9.72 Å². The molecule has 0 atom stereocenters. The Hall–Kier alpha value is -2.21. The Morgan fingerprint density at radius 2 is 1.96 bits per heavy atom. The summed E-state index contributed by atoms with van der Waals surface area (Å²) in [6, 6.07) is 10.0. The van der Waals surface area contributed by atoms with E-state index in [-0.39, 0.29) is 17.6 Å². The van der Waals surface area contributed by atoms with Crippen molar-refractivity contribution < 1.29 is 14.3 Å². The number of benzene rings is 1. The Morgan fingerprint density at radius 3 is 2.58 bits per heavy atom. The first-order valence-electron chi connectivity index (χ1n) is 7.87. The van der Waals surface area contributed by atoms with E-state index in [9.17, 15) is 9.59 Å². The monoisotopic (exact) mass is 346 g/mol. The summed E-state index contributed by atoms with van der Waals surface area (Å²) in [4.78, 5) is 30.1. The fourth-order valence-corrected chi connectivity index (χ4v) is 3.09. The van der Waals surface area contributed by atoms with E-state index in [1.807, 2.05) is 44.2 Å².